The molecule has 110 valence electrons. The first kappa shape index (κ1) is 14.9. The number of aryl methyl sites for hydroxylation is 1. The molecule has 2 heterocycles. The average molecular weight is 373 g/mol. The molecule has 0 radical (unpaired) electrons. The fourth-order valence-corrected chi connectivity index (χ4v) is 2.73. The first-order valence-electron chi connectivity index (χ1n) is 6.64. The highest BCUT2D eigenvalue weighted by atomic mass is 79.9. The number of rotatable bonds is 4. The zero-order valence-electron chi connectivity index (χ0n) is 11.8. The molecule has 3 aromatic rings. The molecular weight excluding hydrogens is 360 g/mol. The van der Waals surface area contributed by atoms with Crippen molar-refractivity contribution in [3.8, 4) is 11.3 Å². The first-order valence-corrected chi connectivity index (χ1v) is 8.31. The zero-order valence-corrected chi connectivity index (χ0v) is 14.2. The Morgan fingerprint density at radius 2 is 2.00 bits per heavy atom. The molecule has 0 saturated heterocycles. The van der Waals surface area contributed by atoms with E-state index in [1.807, 2.05) is 48.7 Å². The maximum absolute atomic E-state index is 4.38. The molecule has 6 heteroatoms. The maximum atomic E-state index is 4.38. The number of thiazole rings is 1. The predicted molar refractivity (Wildman–Crippen MR) is 95.4 cm³/mol. The van der Waals surface area contributed by atoms with E-state index >= 15 is 0 Å². The van der Waals surface area contributed by atoms with E-state index in [2.05, 4.69) is 36.4 Å². The minimum atomic E-state index is 0.796. The number of pyridine rings is 1. The van der Waals surface area contributed by atoms with Crippen molar-refractivity contribution in [2.24, 2.45) is 5.10 Å². The van der Waals surface area contributed by atoms with Crippen molar-refractivity contribution in [1.82, 2.24) is 9.97 Å². The molecule has 0 amide bonds. The number of benzene rings is 1. The van der Waals surface area contributed by atoms with Crippen molar-refractivity contribution in [2.75, 3.05) is 5.43 Å². The largest absolute Gasteiger partial charge is 0.255 e. The lowest BCUT2D eigenvalue weighted by Crippen LogP contribution is -1.90. The third-order valence-corrected chi connectivity index (χ3v) is 4.26. The summed E-state index contributed by atoms with van der Waals surface area (Å²) in [6, 6.07) is 12.1. The van der Waals surface area contributed by atoms with E-state index in [1.165, 1.54) is 11.3 Å². The lowest BCUT2D eigenvalue weighted by atomic mass is 10.1. The van der Waals surface area contributed by atoms with Crippen LogP contribution in [0.2, 0.25) is 0 Å². The molecule has 0 aliphatic rings. The zero-order chi connectivity index (χ0) is 15.4. The van der Waals surface area contributed by atoms with Crippen molar-refractivity contribution < 1.29 is 0 Å². The highest BCUT2D eigenvalue weighted by Gasteiger charge is 1.99. The van der Waals surface area contributed by atoms with Crippen molar-refractivity contribution >= 4 is 38.6 Å². The molecule has 0 aliphatic carbocycles. The Labute approximate surface area is 141 Å². The molecule has 0 fully saturated rings. The van der Waals surface area contributed by atoms with E-state index in [4.69, 9.17) is 0 Å². The van der Waals surface area contributed by atoms with Crippen LogP contribution in [0.15, 0.2) is 57.5 Å². The molecule has 1 aromatic carbocycles. The van der Waals surface area contributed by atoms with Gasteiger partial charge in [-0.1, -0.05) is 24.3 Å². The van der Waals surface area contributed by atoms with Gasteiger partial charge in [0.25, 0.3) is 0 Å². The van der Waals surface area contributed by atoms with Gasteiger partial charge in [-0.05, 0) is 40.5 Å². The van der Waals surface area contributed by atoms with E-state index in [1.54, 1.807) is 12.4 Å². The second kappa shape index (κ2) is 6.81. The molecule has 4 nitrogen and oxygen atoms in total. The molecule has 3 rings (SSSR count). The van der Waals surface area contributed by atoms with Gasteiger partial charge in [0.15, 0.2) is 0 Å². The van der Waals surface area contributed by atoms with Gasteiger partial charge in [0, 0.05) is 21.6 Å². The standard InChI is InChI=1S/C16H13BrN4S/c1-11-10-22-16(20-11)21-19-8-12-2-4-13(5-3-12)15-7-6-14(17)9-18-15/h2-10H,1H3,(H,20,21). The van der Waals surface area contributed by atoms with Gasteiger partial charge in [0.05, 0.1) is 17.6 Å². The van der Waals surface area contributed by atoms with Gasteiger partial charge in [-0.25, -0.2) is 4.98 Å². The van der Waals surface area contributed by atoms with Crippen LogP contribution in [0.1, 0.15) is 11.3 Å². The van der Waals surface area contributed by atoms with Crippen LogP contribution in [0.5, 0.6) is 0 Å². The van der Waals surface area contributed by atoms with Gasteiger partial charge >= 0.3 is 0 Å². The number of hydrogen-bond acceptors (Lipinski definition) is 5. The molecule has 22 heavy (non-hydrogen) atoms. The molecular formula is C16H13BrN4S. The second-order valence-corrected chi connectivity index (χ2v) is 6.42. The van der Waals surface area contributed by atoms with Gasteiger partial charge < -0.3 is 0 Å². The monoisotopic (exact) mass is 372 g/mol. The smallest absolute Gasteiger partial charge is 0.203 e. The van der Waals surface area contributed by atoms with Gasteiger partial charge in [-0.15, -0.1) is 11.3 Å². The molecule has 0 spiro atoms. The Kier molecular flexibility index (Phi) is 4.60. The average Bonchev–Trinajstić information content (AvgIpc) is 2.94. The highest BCUT2D eigenvalue weighted by molar-refractivity contribution is 9.10. The van der Waals surface area contributed by atoms with Crippen LogP contribution in [-0.2, 0) is 0 Å². The summed E-state index contributed by atoms with van der Waals surface area (Å²) in [5.41, 5.74) is 6.96. The SMILES string of the molecule is Cc1csc(NN=Cc2ccc(-c3ccc(Br)cn3)cc2)n1. The molecule has 0 aliphatic heterocycles. The summed E-state index contributed by atoms with van der Waals surface area (Å²) >= 11 is 4.93. The van der Waals surface area contributed by atoms with Crippen LogP contribution < -0.4 is 5.43 Å². The summed E-state index contributed by atoms with van der Waals surface area (Å²) in [6.07, 6.45) is 3.57. The Balaban J connectivity index is 1.67. The van der Waals surface area contributed by atoms with Crippen LogP contribution in [0.3, 0.4) is 0 Å². The number of aromatic nitrogens is 2. The fourth-order valence-electron chi connectivity index (χ4n) is 1.85. The molecule has 0 bridgehead atoms. The quantitative estimate of drug-likeness (QED) is 0.532. The van der Waals surface area contributed by atoms with Crippen molar-refractivity contribution in [3.63, 3.8) is 0 Å². The van der Waals surface area contributed by atoms with Crippen LogP contribution in [0.25, 0.3) is 11.3 Å². The van der Waals surface area contributed by atoms with Crippen LogP contribution >= 0.6 is 27.3 Å². The Bertz CT molecular complexity index is 779. The summed E-state index contributed by atoms with van der Waals surface area (Å²) in [5, 5.41) is 6.97. The molecule has 0 unspecified atom stereocenters. The third-order valence-electron chi connectivity index (χ3n) is 2.93. The highest BCUT2D eigenvalue weighted by Crippen LogP contribution is 2.19. The minimum Gasteiger partial charge on any atom is -0.255 e. The Hall–Kier alpha value is -2.05. The minimum absolute atomic E-state index is 0.796. The van der Waals surface area contributed by atoms with Gasteiger partial charge in [0.1, 0.15) is 0 Å². The number of nitrogens with one attached hydrogen (secondary N) is 1. The van der Waals surface area contributed by atoms with E-state index in [0.29, 0.717) is 0 Å². The summed E-state index contributed by atoms with van der Waals surface area (Å²) in [5.74, 6) is 0. The van der Waals surface area contributed by atoms with E-state index in [9.17, 15) is 0 Å². The lowest BCUT2D eigenvalue weighted by Gasteiger charge is -2.01. The second-order valence-electron chi connectivity index (χ2n) is 4.65. The van der Waals surface area contributed by atoms with Crippen LogP contribution in [0, 0.1) is 6.92 Å². The number of halogens is 1. The van der Waals surface area contributed by atoms with E-state index in [0.717, 1.165) is 32.1 Å². The first-order chi connectivity index (χ1) is 10.7. The van der Waals surface area contributed by atoms with E-state index < -0.39 is 0 Å². The maximum Gasteiger partial charge on any atom is 0.203 e. The van der Waals surface area contributed by atoms with Gasteiger partial charge in [-0.2, -0.15) is 5.10 Å². The van der Waals surface area contributed by atoms with Crippen molar-refractivity contribution in [3.05, 3.63) is 63.7 Å². The van der Waals surface area contributed by atoms with E-state index in [-0.39, 0.29) is 0 Å². The van der Waals surface area contributed by atoms with Gasteiger partial charge in [0.2, 0.25) is 5.13 Å². The molecule has 2 aromatic heterocycles. The van der Waals surface area contributed by atoms with Crippen LogP contribution in [-0.4, -0.2) is 16.2 Å². The van der Waals surface area contributed by atoms with Crippen LogP contribution in [0.4, 0.5) is 5.13 Å². The van der Waals surface area contributed by atoms with Gasteiger partial charge in [-0.3, -0.25) is 10.4 Å². The molecule has 0 saturated carbocycles. The molecule has 0 atom stereocenters. The topological polar surface area (TPSA) is 50.2 Å². The third kappa shape index (κ3) is 3.78. The van der Waals surface area contributed by atoms with Crippen molar-refractivity contribution in [1.29, 1.82) is 0 Å². The number of anilines is 1. The number of nitrogens with zero attached hydrogens (tertiary/aromatic N) is 3. The lowest BCUT2D eigenvalue weighted by molar-refractivity contribution is 1.22. The summed E-state index contributed by atoms with van der Waals surface area (Å²) < 4.78 is 0.975. The van der Waals surface area contributed by atoms with Crippen molar-refractivity contribution in [2.45, 2.75) is 6.92 Å². The Morgan fingerprint density at radius 3 is 2.64 bits per heavy atom. The normalized spacial score (nSPS) is 11.0. The summed E-state index contributed by atoms with van der Waals surface area (Å²) in [7, 11) is 0. The summed E-state index contributed by atoms with van der Waals surface area (Å²) in [6.45, 7) is 1.96. The number of hydrogen-bond donors (Lipinski definition) is 1. The predicted octanol–water partition coefficient (Wildman–Crippen LogP) is 4.72. The fraction of sp³-hybridized carbons (Fsp3) is 0.0625. The molecule has 1 N–H and O–H groups in total. The number of hydrazone groups is 1. The summed E-state index contributed by atoms with van der Waals surface area (Å²) in [4.78, 5) is 8.67. The Morgan fingerprint density at radius 1 is 1.18 bits per heavy atom.